The largest absolute Gasteiger partial charge is 0.391 e. The Morgan fingerprint density at radius 1 is 1.19 bits per heavy atom. The van der Waals surface area contributed by atoms with Gasteiger partial charge >= 0.3 is 6.18 Å². The highest BCUT2D eigenvalue weighted by atomic mass is 19.4. The molecule has 0 radical (unpaired) electrons. The molecule has 0 unspecified atom stereocenters. The van der Waals surface area contributed by atoms with Crippen LogP contribution in [0.1, 0.15) is 26.7 Å². The number of hydrogen-bond donors (Lipinski definition) is 1. The average molecular weight is 238 g/mol. The van der Waals surface area contributed by atoms with Crippen molar-refractivity contribution in [1.29, 1.82) is 0 Å². The summed E-state index contributed by atoms with van der Waals surface area (Å²) in [6.07, 6.45) is -3.53. The monoisotopic (exact) mass is 238 g/mol. The van der Waals surface area contributed by atoms with Crippen molar-refractivity contribution in [2.45, 2.75) is 38.4 Å². The maximum atomic E-state index is 12.4. The summed E-state index contributed by atoms with van der Waals surface area (Å²) in [4.78, 5) is 2.11. The molecule has 2 nitrogen and oxygen atoms in total. The molecule has 0 aromatic carbocycles. The molecule has 16 heavy (non-hydrogen) atoms. The Kier molecular flexibility index (Phi) is 4.23. The Labute approximate surface area is 95.2 Å². The molecular weight excluding hydrogens is 217 g/mol. The number of halogens is 3. The minimum Gasteiger partial charge on any atom is -0.314 e. The average Bonchev–Trinajstić information content (AvgIpc) is 2.16. The molecule has 0 bridgehead atoms. The van der Waals surface area contributed by atoms with E-state index in [0.717, 1.165) is 6.54 Å². The van der Waals surface area contributed by atoms with Crippen LogP contribution in [0.2, 0.25) is 0 Å². The second-order valence-electron chi connectivity index (χ2n) is 5.23. The van der Waals surface area contributed by atoms with E-state index in [1.165, 1.54) is 0 Å². The number of likely N-dealkylation sites (tertiary alicyclic amines) is 1. The molecule has 1 rings (SSSR count). The number of nitrogens with one attached hydrogen (secondary N) is 1. The third-order valence-electron chi connectivity index (χ3n) is 3.35. The van der Waals surface area contributed by atoms with Crippen LogP contribution in [-0.4, -0.2) is 43.3 Å². The van der Waals surface area contributed by atoms with Gasteiger partial charge in [-0.1, -0.05) is 0 Å². The van der Waals surface area contributed by atoms with Gasteiger partial charge in [0.05, 0.1) is 5.92 Å². The number of likely N-dealkylation sites (N-methyl/N-ethyl adjacent to an activating group) is 1. The molecule has 1 aliphatic rings. The fourth-order valence-corrected chi connectivity index (χ4v) is 2.06. The van der Waals surface area contributed by atoms with Crippen LogP contribution in [-0.2, 0) is 0 Å². The molecule has 1 saturated heterocycles. The zero-order valence-corrected chi connectivity index (χ0v) is 10.2. The second-order valence-corrected chi connectivity index (χ2v) is 5.23. The Balaban J connectivity index is 2.38. The van der Waals surface area contributed by atoms with E-state index in [1.807, 2.05) is 7.05 Å². The lowest BCUT2D eigenvalue weighted by molar-refractivity contribution is -0.185. The van der Waals surface area contributed by atoms with Crippen molar-refractivity contribution in [2.75, 3.05) is 26.7 Å². The molecule has 1 heterocycles. The standard InChI is InChI=1S/C11H21F3N2/c1-10(2,15-3)8-16-6-4-9(5-7-16)11(12,13)14/h9,15H,4-8H2,1-3H3. The summed E-state index contributed by atoms with van der Waals surface area (Å²) in [5, 5.41) is 3.17. The highest BCUT2D eigenvalue weighted by molar-refractivity contribution is 4.84. The molecule has 96 valence electrons. The number of rotatable bonds is 3. The van der Waals surface area contributed by atoms with E-state index in [1.54, 1.807) is 0 Å². The van der Waals surface area contributed by atoms with Crippen molar-refractivity contribution in [3.05, 3.63) is 0 Å². The molecule has 0 atom stereocenters. The first-order valence-electron chi connectivity index (χ1n) is 5.72. The van der Waals surface area contributed by atoms with Crippen LogP contribution in [0, 0.1) is 5.92 Å². The Hall–Kier alpha value is -0.290. The van der Waals surface area contributed by atoms with Crippen LogP contribution >= 0.6 is 0 Å². The first kappa shape index (κ1) is 13.8. The molecule has 0 saturated carbocycles. The van der Waals surface area contributed by atoms with Gasteiger partial charge in [-0.05, 0) is 46.8 Å². The van der Waals surface area contributed by atoms with E-state index in [2.05, 4.69) is 24.1 Å². The summed E-state index contributed by atoms with van der Waals surface area (Å²) < 4.78 is 37.3. The third kappa shape index (κ3) is 3.94. The summed E-state index contributed by atoms with van der Waals surface area (Å²) in [7, 11) is 1.88. The van der Waals surface area contributed by atoms with Gasteiger partial charge < -0.3 is 10.2 Å². The maximum Gasteiger partial charge on any atom is 0.391 e. The van der Waals surface area contributed by atoms with Gasteiger partial charge in [-0.25, -0.2) is 0 Å². The van der Waals surface area contributed by atoms with Gasteiger partial charge in [0, 0.05) is 12.1 Å². The molecule has 1 fully saturated rings. The Morgan fingerprint density at radius 3 is 2.06 bits per heavy atom. The molecule has 1 aliphatic heterocycles. The van der Waals surface area contributed by atoms with Crippen molar-refractivity contribution in [3.63, 3.8) is 0 Å². The van der Waals surface area contributed by atoms with Crippen molar-refractivity contribution in [3.8, 4) is 0 Å². The summed E-state index contributed by atoms with van der Waals surface area (Å²) in [6.45, 7) is 6.02. The van der Waals surface area contributed by atoms with Gasteiger partial charge in [0.1, 0.15) is 0 Å². The van der Waals surface area contributed by atoms with Gasteiger partial charge in [-0.15, -0.1) is 0 Å². The third-order valence-corrected chi connectivity index (χ3v) is 3.35. The maximum absolute atomic E-state index is 12.4. The van der Waals surface area contributed by atoms with Gasteiger partial charge in [-0.2, -0.15) is 13.2 Å². The van der Waals surface area contributed by atoms with E-state index in [-0.39, 0.29) is 18.4 Å². The second kappa shape index (κ2) is 4.92. The molecule has 0 aliphatic carbocycles. The van der Waals surface area contributed by atoms with E-state index in [0.29, 0.717) is 13.1 Å². The summed E-state index contributed by atoms with van der Waals surface area (Å²) in [6, 6.07) is 0. The number of nitrogens with zero attached hydrogens (tertiary/aromatic N) is 1. The van der Waals surface area contributed by atoms with Gasteiger partial charge in [0.2, 0.25) is 0 Å². The number of piperidine rings is 1. The lowest BCUT2D eigenvalue weighted by Gasteiger charge is -2.37. The fraction of sp³-hybridized carbons (Fsp3) is 1.00. The van der Waals surface area contributed by atoms with Gasteiger partial charge in [-0.3, -0.25) is 0 Å². The van der Waals surface area contributed by atoms with E-state index < -0.39 is 12.1 Å². The van der Waals surface area contributed by atoms with Gasteiger partial charge in [0.15, 0.2) is 0 Å². The van der Waals surface area contributed by atoms with E-state index in [9.17, 15) is 13.2 Å². The predicted molar refractivity (Wildman–Crippen MR) is 58.4 cm³/mol. The van der Waals surface area contributed by atoms with Crippen LogP contribution in [0.4, 0.5) is 13.2 Å². The minimum absolute atomic E-state index is 0.0366. The molecule has 0 amide bonds. The zero-order valence-electron chi connectivity index (χ0n) is 10.2. The predicted octanol–water partition coefficient (Wildman–Crippen LogP) is 2.26. The highest BCUT2D eigenvalue weighted by Gasteiger charge is 2.41. The molecule has 5 heteroatoms. The summed E-state index contributed by atoms with van der Waals surface area (Å²) >= 11 is 0. The number of alkyl halides is 3. The van der Waals surface area contributed by atoms with E-state index in [4.69, 9.17) is 0 Å². The summed E-state index contributed by atoms with van der Waals surface area (Å²) in [5.41, 5.74) is -0.0366. The Bertz CT molecular complexity index is 218. The Morgan fingerprint density at radius 2 is 1.69 bits per heavy atom. The van der Waals surface area contributed by atoms with Crippen LogP contribution < -0.4 is 5.32 Å². The molecular formula is C11H21F3N2. The molecule has 1 N–H and O–H groups in total. The van der Waals surface area contributed by atoms with Crippen molar-refractivity contribution in [1.82, 2.24) is 10.2 Å². The topological polar surface area (TPSA) is 15.3 Å². The number of hydrogen-bond acceptors (Lipinski definition) is 2. The SMILES string of the molecule is CNC(C)(C)CN1CCC(C(F)(F)F)CC1. The summed E-state index contributed by atoms with van der Waals surface area (Å²) in [5.74, 6) is -1.10. The fourth-order valence-electron chi connectivity index (χ4n) is 2.06. The lowest BCUT2D eigenvalue weighted by Crippen LogP contribution is -2.50. The van der Waals surface area contributed by atoms with Gasteiger partial charge in [0.25, 0.3) is 0 Å². The smallest absolute Gasteiger partial charge is 0.314 e. The normalized spacial score (nSPS) is 21.4. The molecule has 0 aromatic rings. The van der Waals surface area contributed by atoms with E-state index >= 15 is 0 Å². The first-order valence-corrected chi connectivity index (χ1v) is 5.72. The first-order chi connectivity index (χ1) is 7.24. The minimum atomic E-state index is -4.01. The molecule has 0 aromatic heterocycles. The quantitative estimate of drug-likeness (QED) is 0.811. The van der Waals surface area contributed by atoms with Crippen LogP contribution in [0.3, 0.4) is 0 Å². The van der Waals surface area contributed by atoms with Crippen LogP contribution in [0.5, 0.6) is 0 Å². The van der Waals surface area contributed by atoms with Crippen LogP contribution in [0.25, 0.3) is 0 Å². The van der Waals surface area contributed by atoms with Crippen molar-refractivity contribution < 1.29 is 13.2 Å². The highest BCUT2D eigenvalue weighted by Crippen LogP contribution is 2.34. The van der Waals surface area contributed by atoms with Crippen LogP contribution in [0.15, 0.2) is 0 Å². The zero-order chi connectivity index (χ0) is 12.4. The molecule has 0 spiro atoms. The van der Waals surface area contributed by atoms with Crippen molar-refractivity contribution >= 4 is 0 Å². The lowest BCUT2D eigenvalue weighted by atomic mass is 9.94. The van der Waals surface area contributed by atoms with Crippen molar-refractivity contribution in [2.24, 2.45) is 5.92 Å².